The highest BCUT2D eigenvalue weighted by Crippen LogP contribution is 2.20. The third-order valence-corrected chi connectivity index (χ3v) is 2.52. The molecule has 0 atom stereocenters. The maximum Gasteiger partial charge on any atom is 0.124 e. The fourth-order valence-corrected chi connectivity index (χ4v) is 1.68. The maximum absolute atomic E-state index is 12.8. The first kappa shape index (κ1) is 14.8. The maximum atomic E-state index is 12.8. The van der Waals surface area contributed by atoms with E-state index in [1.54, 1.807) is 6.07 Å². The molecule has 0 radical (unpaired) electrons. The molecule has 1 heterocycles. The van der Waals surface area contributed by atoms with Crippen LogP contribution in [0.4, 0.5) is 10.1 Å². The number of thiol groups is 1. The molecule has 0 unspecified atom stereocenters. The van der Waals surface area contributed by atoms with Crippen molar-refractivity contribution in [3.05, 3.63) is 24.0 Å². The lowest BCUT2D eigenvalue weighted by molar-refractivity contribution is 0.624. The van der Waals surface area contributed by atoms with Crippen molar-refractivity contribution in [3.8, 4) is 0 Å². The summed E-state index contributed by atoms with van der Waals surface area (Å²) in [6, 6.07) is 4.47. The quantitative estimate of drug-likeness (QED) is 0.738. The van der Waals surface area contributed by atoms with Crippen LogP contribution in [0.25, 0.3) is 0 Å². The van der Waals surface area contributed by atoms with Gasteiger partial charge in [-0.1, -0.05) is 20.3 Å². The molecule has 0 aromatic heterocycles. The topological polar surface area (TPSA) is 36.4 Å². The molecule has 18 heavy (non-hydrogen) atoms. The molecule has 0 fully saturated rings. The number of amidine groups is 1. The Kier molecular flexibility index (Phi) is 6.57. The first-order valence-electron chi connectivity index (χ1n) is 6.17. The third-order valence-electron chi connectivity index (χ3n) is 2.15. The minimum atomic E-state index is -0.276. The molecule has 1 aliphatic rings. The highest BCUT2D eigenvalue weighted by Gasteiger charge is 2.05. The number of halogens is 1. The summed E-state index contributed by atoms with van der Waals surface area (Å²) >= 11 is 4.18. The Morgan fingerprint density at radius 3 is 2.72 bits per heavy atom. The summed E-state index contributed by atoms with van der Waals surface area (Å²) in [5, 5.41) is 6.29. The molecule has 1 aromatic carbocycles. The zero-order valence-corrected chi connectivity index (χ0v) is 11.7. The van der Waals surface area contributed by atoms with Gasteiger partial charge in [0.2, 0.25) is 0 Å². The molecule has 100 valence electrons. The van der Waals surface area contributed by atoms with Crippen molar-refractivity contribution in [2.75, 3.05) is 25.0 Å². The van der Waals surface area contributed by atoms with Gasteiger partial charge in [-0.2, -0.15) is 0 Å². The highest BCUT2D eigenvalue weighted by molar-refractivity contribution is 7.80. The van der Waals surface area contributed by atoms with Gasteiger partial charge in [0.05, 0.1) is 13.1 Å². The van der Waals surface area contributed by atoms with Gasteiger partial charge in [0.15, 0.2) is 0 Å². The SMILES string of the molecule is CCC.Fc1ccc(NCC2=NCCN2)c(S)c1. The number of anilines is 1. The molecule has 0 saturated heterocycles. The van der Waals surface area contributed by atoms with Crippen molar-refractivity contribution in [2.24, 2.45) is 4.99 Å². The third kappa shape index (κ3) is 4.96. The first-order chi connectivity index (χ1) is 8.67. The van der Waals surface area contributed by atoms with E-state index in [0.717, 1.165) is 24.6 Å². The van der Waals surface area contributed by atoms with Gasteiger partial charge < -0.3 is 10.6 Å². The van der Waals surface area contributed by atoms with Crippen molar-refractivity contribution >= 4 is 24.2 Å². The largest absolute Gasteiger partial charge is 0.377 e. The van der Waals surface area contributed by atoms with Gasteiger partial charge >= 0.3 is 0 Å². The molecule has 1 aliphatic heterocycles. The molecule has 0 amide bonds. The average molecular weight is 269 g/mol. The zero-order valence-electron chi connectivity index (χ0n) is 10.8. The van der Waals surface area contributed by atoms with Crippen molar-refractivity contribution in [2.45, 2.75) is 25.2 Å². The lowest BCUT2D eigenvalue weighted by atomic mass is 10.3. The van der Waals surface area contributed by atoms with E-state index in [-0.39, 0.29) is 5.82 Å². The van der Waals surface area contributed by atoms with Crippen LogP contribution in [-0.2, 0) is 0 Å². The van der Waals surface area contributed by atoms with Crippen molar-refractivity contribution in [1.82, 2.24) is 5.32 Å². The van der Waals surface area contributed by atoms with Gasteiger partial charge in [0.1, 0.15) is 11.7 Å². The fourth-order valence-electron chi connectivity index (χ4n) is 1.40. The number of nitrogens with one attached hydrogen (secondary N) is 2. The van der Waals surface area contributed by atoms with Crippen LogP contribution in [0.1, 0.15) is 20.3 Å². The predicted molar refractivity (Wildman–Crippen MR) is 78.4 cm³/mol. The number of aliphatic imine (C=N–C) groups is 1. The normalized spacial score (nSPS) is 13.2. The average Bonchev–Trinajstić information content (AvgIpc) is 2.82. The first-order valence-corrected chi connectivity index (χ1v) is 6.61. The van der Waals surface area contributed by atoms with Crippen LogP contribution in [-0.4, -0.2) is 25.5 Å². The van der Waals surface area contributed by atoms with Crippen LogP contribution in [0.2, 0.25) is 0 Å². The number of hydrogen-bond donors (Lipinski definition) is 3. The molecule has 0 bridgehead atoms. The molecular weight excluding hydrogens is 249 g/mol. The van der Waals surface area contributed by atoms with E-state index in [0.29, 0.717) is 11.4 Å². The predicted octanol–water partition coefficient (Wildman–Crippen LogP) is 2.94. The van der Waals surface area contributed by atoms with Crippen LogP contribution < -0.4 is 10.6 Å². The summed E-state index contributed by atoms with van der Waals surface area (Å²) in [5.41, 5.74) is 0.816. The second-order valence-corrected chi connectivity index (χ2v) is 4.46. The Bertz CT molecular complexity index is 407. The van der Waals surface area contributed by atoms with E-state index < -0.39 is 0 Å². The number of rotatable bonds is 3. The lowest BCUT2D eigenvalue weighted by Gasteiger charge is -2.09. The Hall–Kier alpha value is -1.23. The second-order valence-electron chi connectivity index (χ2n) is 3.98. The Balaban J connectivity index is 0.000000492. The number of hydrogen-bond acceptors (Lipinski definition) is 4. The summed E-state index contributed by atoms with van der Waals surface area (Å²) in [5.74, 6) is 0.661. The minimum absolute atomic E-state index is 0.276. The zero-order chi connectivity index (χ0) is 13.4. The number of benzene rings is 1. The van der Waals surface area contributed by atoms with E-state index in [9.17, 15) is 4.39 Å². The molecule has 0 saturated carbocycles. The standard InChI is InChI=1S/C10H12FN3S.C3H8/c11-7-1-2-8(9(15)5-7)14-6-10-12-3-4-13-10;1-3-2/h1-2,5,14-15H,3-4,6H2,(H,12,13);3H2,1-2H3. The molecule has 2 N–H and O–H groups in total. The van der Waals surface area contributed by atoms with Crippen LogP contribution >= 0.6 is 12.6 Å². The molecule has 0 aliphatic carbocycles. The lowest BCUT2D eigenvalue weighted by Crippen LogP contribution is -2.26. The van der Waals surface area contributed by atoms with Gasteiger partial charge in [0.25, 0.3) is 0 Å². The van der Waals surface area contributed by atoms with Gasteiger partial charge in [-0.05, 0) is 18.2 Å². The molecule has 3 nitrogen and oxygen atoms in total. The van der Waals surface area contributed by atoms with E-state index in [4.69, 9.17) is 0 Å². The van der Waals surface area contributed by atoms with Crippen LogP contribution in [0, 0.1) is 5.82 Å². The van der Waals surface area contributed by atoms with Gasteiger partial charge in [-0.15, -0.1) is 12.6 Å². The van der Waals surface area contributed by atoms with Gasteiger partial charge in [-0.25, -0.2) is 4.39 Å². The van der Waals surface area contributed by atoms with E-state index >= 15 is 0 Å². The second kappa shape index (κ2) is 7.97. The summed E-state index contributed by atoms with van der Waals surface area (Å²) in [4.78, 5) is 4.85. The molecular formula is C13H20FN3S. The molecule has 1 aromatic rings. The summed E-state index contributed by atoms with van der Waals surface area (Å²) in [7, 11) is 0. The Morgan fingerprint density at radius 2 is 2.17 bits per heavy atom. The van der Waals surface area contributed by atoms with E-state index in [1.807, 2.05) is 0 Å². The van der Waals surface area contributed by atoms with Gasteiger partial charge in [0, 0.05) is 17.1 Å². The monoisotopic (exact) mass is 269 g/mol. The minimum Gasteiger partial charge on any atom is -0.377 e. The summed E-state index contributed by atoms with van der Waals surface area (Å²) < 4.78 is 12.8. The Morgan fingerprint density at radius 1 is 1.44 bits per heavy atom. The smallest absolute Gasteiger partial charge is 0.124 e. The van der Waals surface area contributed by atoms with Crippen molar-refractivity contribution in [3.63, 3.8) is 0 Å². The van der Waals surface area contributed by atoms with Crippen LogP contribution in [0.3, 0.4) is 0 Å². The summed E-state index contributed by atoms with van der Waals surface area (Å²) in [6.45, 7) is 6.60. The fraction of sp³-hybridized carbons (Fsp3) is 0.462. The van der Waals surface area contributed by atoms with Crippen LogP contribution in [0.5, 0.6) is 0 Å². The Labute approximate surface area is 113 Å². The molecule has 5 heteroatoms. The van der Waals surface area contributed by atoms with E-state index in [2.05, 4.69) is 42.1 Å². The molecule has 0 spiro atoms. The van der Waals surface area contributed by atoms with Crippen molar-refractivity contribution in [1.29, 1.82) is 0 Å². The molecule has 2 rings (SSSR count). The summed E-state index contributed by atoms with van der Waals surface area (Å²) in [6.07, 6.45) is 1.25. The van der Waals surface area contributed by atoms with Crippen molar-refractivity contribution < 1.29 is 4.39 Å². The van der Waals surface area contributed by atoms with Crippen LogP contribution in [0.15, 0.2) is 28.1 Å². The van der Waals surface area contributed by atoms with Gasteiger partial charge in [-0.3, -0.25) is 4.99 Å². The number of nitrogens with zero attached hydrogens (tertiary/aromatic N) is 1. The van der Waals surface area contributed by atoms with E-state index in [1.165, 1.54) is 18.6 Å². The highest BCUT2D eigenvalue weighted by atomic mass is 32.1.